The normalized spacial score (nSPS) is 24.5. The van der Waals surface area contributed by atoms with Crippen LogP contribution in [0.2, 0.25) is 0 Å². The van der Waals surface area contributed by atoms with Crippen LogP contribution >= 0.6 is 0 Å². The number of benzene rings is 2. The van der Waals surface area contributed by atoms with Crippen LogP contribution in [0.5, 0.6) is 5.75 Å². The summed E-state index contributed by atoms with van der Waals surface area (Å²) >= 11 is 0. The van der Waals surface area contributed by atoms with E-state index in [-0.39, 0.29) is 11.7 Å². The minimum absolute atomic E-state index is 0.147. The number of hydrogen-bond acceptors (Lipinski definition) is 3. The molecule has 1 aliphatic heterocycles. The first-order valence-corrected chi connectivity index (χ1v) is 7.84. The Bertz CT molecular complexity index is 635. The average Bonchev–Trinajstić information content (AvgIpc) is 2.91. The van der Waals surface area contributed by atoms with E-state index in [2.05, 4.69) is 6.92 Å². The van der Waals surface area contributed by atoms with Crippen LogP contribution in [-0.4, -0.2) is 23.4 Å². The van der Waals surface area contributed by atoms with Gasteiger partial charge < -0.3 is 14.9 Å². The zero-order chi connectivity index (χ0) is 15.6. The molecule has 0 bridgehead atoms. The summed E-state index contributed by atoms with van der Waals surface area (Å²) in [6, 6.07) is 15.1. The summed E-state index contributed by atoms with van der Waals surface area (Å²) in [7, 11) is 0. The summed E-state index contributed by atoms with van der Waals surface area (Å²) in [4.78, 5) is 0. The van der Waals surface area contributed by atoms with Crippen molar-refractivity contribution < 1.29 is 14.9 Å². The highest BCUT2D eigenvalue weighted by Gasteiger charge is 2.43. The Morgan fingerprint density at radius 2 is 1.86 bits per heavy atom. The molecule has 2 atom stereocenters. The molecule has 0 saturated carbocycles. The van der Waals surface area contributed by atoms with Gasteiger partial charge in [-0.1, -0.05) is 55.8 Å². The molecule has 3 heteroatoms. The van der Waals surface area contributed by atoms with Crippen LogP contribution < -0.4 is 0 Å². The number of para-hydroxylation sites is 1. The molecule has 1 heterocycles. The van der Waals surface area contributed by atoms with Crippen molar-refractivity contribution in [3.8, 4) is 16.9 Å². The van der Waals surface area contributed by atoms with E-state index in [0.717, 1.165) is 29.5 Å². The van der Waals surface area contributed by atoms with Gasteiger partial charge in [-0.05, 0) is 23.6 Å². The van der Waals surface area contributed by atoms with Crippen molar-refractivity contribution in [3.63, 3.8) is 0 Å². The third-order valence-corrected chi connectivity index (χ3v) is 4.55. The molecule has 0 aliphatic carbocycles. The van der Waals surface area contributed by atoms with Crippen LogP contribution in [0.1, 0.15) is 25.3 Å². The molecule has 0 spiro atoms. The van der Waals surface area contributed by atoms with Gasteiger partial charge in [-0.25, -0.2) is 0 Å². The smallest absolute Gasteiger partial charge is 0.123 e. The molecule has 2 unspecified atom stereocenters. The fourth-order valence-electron chi connectivity index (χ4n) is 3.26. The molecule has 116 valence electrons. The van der Waals surface area contributed by atoms with Crippen molar-refractivity contribution in [1.29, 1.82) is 0 Å². The van der Waals surface area contributed by atoms with Gasteiger partial charge in [0.05, 0.1) is 13.2 Å². The summed E-state index contributed by atoms with van der Waals surface area (Å²) in [6.45, 7) is 3.10. The molecule has 0 aromatic heterocycles. The van der Waals surface area contributed by atoms with Gasteiger partial charge in [0.25, 0.3) is 0 Å². The fourth-order valence-corrected chi connectivity index (χ4v) is 3.26. The Balaban J connectivity index is 1.90. The lowest BCUT2D eigenvalue weighted by Crippen LogP contribution is -2.34. The molecule has 2 N–H and O–H groups in total. The lowest BCUT2D eigenvalue weighted by Gasteiger charge is -2.28. The number of aromatic hydroxyl groups is 1. The molecule has 1 fully saturated rings. The largest absolute Gasteiger partial charge is 0.507 e. The topological polar surface area (TPSA) is 49.7 Å². The van der Waals surface area contributed by atoms with E-state index in [1.807, 2.05) is 36.4 Å². The molecule has 22 heavy (non-hydrogen) atoms. The van der Waals surface area contributed by atoms with Crippen LogP contribution in [0.3, 0.4) is 0 Å². The molecule has 1 saturated heterocycles. The van der Waals surface area contributed by atoms with E-state index in [9.17, 15) is 10.2 Å². The van der Waals surface area contributed by atoms with Gasteiger partial charge in [-0.2, -0.15) is 0 Å². The maximum absolute atomic E-state index is 11.0. The molecular weight excluding hydrogens is 276 g/mol. The van der Waals surface area contributed by atoms with Crippen molar-refractivity contribution in [2.45, 2.75) is 25.4 Å². The van der Waals surface area contributed by atoms with Gasteiger partial charge in [0.1, 0.15) is 11.4 Å². The number of phenols is 1. The molecule has 0 radical (unpaired) electrons. The number of ether oxygens (including phenoxy) is 1. The zero-order valence-corrected chi connectivity index (χ0v) is 12.8. The monoisotopic (exact) mass is 298 g/mol. The van der Waals surface area contributed by atoms with Crippen LogP contribution in [0.4, 0.5) is 0 Å². The molecule has 3 nitrogen and oxygen atoms in total. The zero-order valence-electron chi connectivity index (χ0n) is 12.8. The first-order valence-electron chi connectivity index (χ1n) is 7.84. The molecule has 2 aromatic rings. The Labute approximate surface area is 131 Å². The second kappa shape index (κ2) is 6.11. The molecule has 2 aromatic carbocycles. The molecule has 3 rings (SSSR count). The summed E-state index contributed by atoms with van der Waals surface area (Å²) < 4.78 is 5.52. The van der Waals surface area contributed by atoms with E-state index >= 15 is 0 Å². The highest BCUT2D eigenvalue weighted by molar-refractivity contribution is 5.70. The maximum Gasteiger partial charge on any atom is 0.123 e. The van der Waals surface area contributed by atoms with E-state index in [1.54, 1.807) is 12.1 Å². The standard InChI is InChI=1S/C19H22O3/c1-2-5-16-12-22-13-19(16,21)15-10-8-14(9-11-15)17-6-3-4-7-18(17)20/h3-4,6-11,16,20-21H,2,5,12-13H2,1H3. The van der Waals surface area contributed by atoms with E-state index in [1.165, 1.54) is 0 Å². The SMILES string of the molecule is CCCC1COCC1(O)c1ccc(-c2ccccc2O)cc1. The maximum atomic E-state index is 11.0. The lowest BCUT2D eigenvalue weighted by atomic mass is 9.81. The van der Waals surface area contributed by atoms with Gasteiger partial charge in [0.2, 0.25) is 0 Å². The number of hydrogen-bond donors (Lipinski definition) is 2. The lowest BCUT2D eigenvalue weighted by molar-refractivity contribution is -0.00600. The predicted octanol–water partition coefficient (Wildman–Crippen LogP) is 3.69. The van der Waals surface area contributed by atoms with Gasteiger partial charge in [-0.3, -0.25) is 0 Å². The average molecular weight is 298 g/mol. The van der Waals surface area contributed by atoms with Gasteiger partial charge in [-0.15, -0.1) is 0 Å². The van der Waals surface area contributed by atoms with Crippen LogP contribution in [-0.2, 0) is 10.3 Å². The van der Waals surface area contributed by atoms with Crippen molar-refractivity contribution in [3.05, 3.63) is 54.1 Å². The quantitative estimate of drug-likeness (QED) is 0.905. The molecule has 0 amide bonds. The van der Waals surface area contributed by atoms with Gasteiger partial charge in [0.15, 0.2) is 0 Å². The Hall–Kier alpha value is -1.84. The second-order valence-corrected chi connectivity index (χ2v) is 6.02. The van der Waals surface area contributed by atoms with Gasteiger partial charge >= 0.3 is 0 Å². The van der Waals surface area contributed by atoms with Crippen LogP contribution in [0.15, 0.2) is 48.5 Å². The van der Waals surface area contributed by atoms with Crippen LogP contribution in [0, 0.1) is 5.92 Å². The molecular formula is C19H22O3. The Morgan fingerprint density at radius 1 is 1.14 bits per heavy atom. The van der Waals surface area contributed by atoms with E-state index in [0.29, 0.717) is 13.2 Å². The van der Waals surface area contributed by atoms with Crippen molar-refractivity contribution >= 4 is 0 Å². The molecule has 1 aliphatic rings. The number of rotatable bonds is 4. The first-order chi connectivity index (χ1) is 10.6. The minimum atomic E-state index is -0.896. The van der Waals surface area contributed by atoms with Crippen LogP contribution in [0.25, 0.3) is 11.1 Å². The summed E-state index contributed by atoms with van der Waals surface area (Å²) in [5, 5.41) is 20.9. The highest BCUT2D eigenvalue weighted by Crippen LogP contribution is 2.39. The van der Waals surface area contributed by atoms with Crippen molar-refractivity contribution in [2.75, 3.05) is 13.2 Å². The number of aliphatic hydroxyl groups is 1. The van der Waals surface area contributed by atoms with Crippen molar-refractivity contribution in [2.24, 2.45) is 5.92 Å². The Kier molecular flexibility index (Phi) is 4.19. The fraction of sp³-hybridized carbons (Fsp3) is 0.368. The minimum Gasteiger partial charge on any atom is -0.507 e. The second-order valence-electron chi connectivity index (χ2n) is 6.02. The predicted molar refractivity (Wildman–Crippen MR) is 86.7 cm³/mol. The highest BCUT2D eigenvalue weighted by atomic mass is 16.5. The van der Waals surface area contributed by atoms with E-state index < -0.39 is 5.60 Å². The summed E-state index contributed by atoms with van der Waals surface area (Å²) in [6.07, 6.45) is 1.99. The third-order valence-electron chi connectivity index (χ3n) is 4.55. The van der Waals surface area contributed by atoms with Gasteiger partial charge in [0, 0.05) is 11.5 Å². The number of phenolic OH excluding ortho intramolecular Hbond substituents is 1. The Morgan fingerprint density at radius 3 is 2.55 bits per heavy atom. The van der Waals surface area contributed by atoms with Crippen molar-refractivity contribution in [1.82, 2.24) is 0 Å². The summed E-state index contributed by atoms with van der Waals surface area (Å²) in [5.74, 6) is 0.412. The third kappa shape index (κ3) is 2.62. The van der Waals surface area contributed by atoms with E-state index in [4.69, 9.17) is 4.74 Å². The summed E-state index contributed by atoms with van der Waals surface area (Å²) in [5.41, 5.74) is 1.74. The first kappa shape index (κ1) is 15.1.